The Kier molecular flexibility index (Phi) is 7.52. The van der Waals surface area contributed by atoms with Gasteiger partial charge in [0, 0.05) is 11.1 Å². The third-order valence-electron chi connectivity index (χ3n) is 3.31. The Hall–Kier alpha value is -3.68. The fourth-order valence-corrected chi connectivity index (χ4v) is 2.05. The molecular weight excluding hydrogens is 350 g/mol. The lowest BCUT2D eigenvalue weighted by molar-refractivity contribution is -0.147. The van der Waals surface area contributed by atoms with E-state index in [9.17, 15) is 14.4 Å². The molecule has 0 atom stereocenters. The summed E-state index contributed by atoms with van der Waals surface area (Å²) in [7, 11) is 1.17. The maximum Gasteiger partial charge on any atom is 0.407 e. The van der Waals surface area contributed by atoms with Crippen LogP contribution >= 0.6 is 0 Å². The largest absolute Gasteiger partial charge is 0.454 e. The monoisotopic (exact) mass is 369 g/mol. The number of esters is 1. The molecule has 0 aromatic heterocycles. The van der Waals surface area contributed by atoms with Gasteiger partial charge in [-0.15, -0.1) is 0 Å². The Morgan fingerprint density at radius 1 is 0.926 bits per heavy atom. The average molecular weight is 369 g/mol. The number of amides is 2. The highest BCUT2D eigenvalue weighted by molar-refractivity contribution is 6.13. The molecule has 2 rings (SSSR count). The molecule has 0 fully saturated rings. The molecule has 2 aromatic carbocycles. The van der Waals surface area contributed by atoms with Gasteiger partial charge in [0.1, 0.15) is 6.54 Å². The van der Waals surface area contributed by atoms with E-state index in [1.165, 1.54) is 7.11 Å². The second-order valence-electron chi connectivity index (χ2n) is 5.23. The van der Waals surface area contributed by atoms with Crippen molar-refractivity contribution >= 4 is 23.7 Å². The van der Waals surface area contributed by atoms with Gasteiger partial charge in [0.15, 0.2) is 6.61 Å². The van der Waals surface area contributed by atoms with Crippen LogP contribution in [0.2, 0.25) is 0 Å². The number of ether oxygens (including phenoxy) is 2. The average Bonchev–Trinajstić information content (AvgIpc) is 2.72. The minimum Gasteiger partial charge on any atom is -0.454 e. The van der Waals surface area contributed by atoms with E-state index in [1.54, 1.807) is 0 Å². The summed E-state index contributed by atoms with van der Waals surface area (Å²) in [6.07, 6.45) is -0.767. The number of nitrogens with one attached hydrogen (secondary N) is 2. The maximum atomic E-state index is 11.9. The van der Waals surface area contributed by atoms with Crippen LogP contribution in [0, 0.1) is 0 Å². The topological polar surface area (TPSA) is 106 Å². The van der Waals surface area contributed by atoms with Gasteiger partial charge in [0.2, 0.25) is 0 Å². The highest BCUT2D eigenvalue weighted by Gasteiger charge is 2.11. The molecule has 0 bridgehead atoms. The summed E-state index contributed by atoms with van der Waals surface area (Å²) in [6.45, 7) is -0.926. The smallest absolute Gasteiger partial charge is 0.407 e. The van der Waals surface area contributed by atoms with Gasteiger partial charge >= 0.3 is 12.1 Å². The Morgan fingerprint density at radius 3 is 2.00 bits per heavy atom. The first kappa shape index (κ1) is 19.6. The molecule has 0 spiro atoms. The number of hydrazone groups is 1. The van der Waals surface area contributed by atoms with Crippen LogP contribution in [0.3, 0.4) is 0 Å². The number of rotatable bonds is 7. The molecule has 0 radical (unpaired) electrons. The number of nitrogens with zero attached hydrogens (tertiary/aromatic N) is 1. The Bertz CT molecular complexity index is 765. The zero-order valence-corrected chi connectivity index (χ0v) is 14.7. The SMILES string of the molecule is COC(=O)NCC(=O)OCC(=O)NN=C(c1ccccc1)c1ccccc1. The standard InChI is InChI=1S/C19H19N3O5/c1-26-19(25)20-12-17(24)27-13-16(23)21-22-18(14-8-4-2-5-9-14)15-10-6-3-7-11-15/h2-11H,12-13H2,1H3,(H,20,25)(H,21,23). The summed E-state index contributed by atoms with van der Waals surface area (Å²) in [6, 6.07) is 18.7. The van der Waals surface area contributed by atoms with Crippen molar-refractivity contribution in [1.29, 1.82) is 0 Å². The predicted molar refractivity (Wildman–Crippen MR) is 98.0 cm³/mol. The van der Waals surface area contributed by atoms with Crippen LogP contribution in [0.25, 0.3) is 0 Å². The molecule has 0 aliphatic carbocycles. The van der Waals surface area contributed by atoms with E-state index in [2.05, 4.69) is 20.6 Å². The lowest BCUT2D eigenvalue weighted by Crippen LogP contribution is -2.33. The van der Waals surface area contributed by atoms with Crippen molar-refractivity contribution in [2.24, 2.45) is 5.10 Å². The number of alkyl carbamates (subject to hydrolysis) is 1. The van der Waals surface area contributed by atoms with Gasteiger partial charge in [-0.3, -0.25) is 9.59 Å². The molecule has 8 nitrogen and oxygen atoms in total. The van der Waals surface area contributed by atoms with E-state index >= 15 is 0 Å². The van der Waals surface area contributed by atoms with Crippen LogP contribution in [0.4, 0.5) is 4.79 Å². The van der Waals surface area contributed by atoms with E-state index in [-0.39, 0.29) is 0 Å². The molecule has 0 unspecified atom stereocenters. The molecule has 8 heteroatoms. The lowest BCUT2D eigenvalue weighted by atomic mass is 10.0. The predicted octanol–water partition coefficient (Wildman–Crippen LogP) is 1.45. The molecule has 0 saturated heterocycles. The summed E-state index contributed by atoms with van der Waals surface area (Å²) in [4.78, 5) is 34.2. The number of hydrogen-bond acceptors (Lipinski definition) is 6. The Labute approximate surface area is 156 Å². The zero-order chi connectivity index (χ0) is 19.5. The van der Waals surface area contributed by atoms with Gasteiger partial charge in [-0.1, -0.05) is 60.7 Å². The first-order valence-electron chi connectivity index (χ1n) is 8.05. The number of carbonyl (C=O) groups is 3. The van der Waals surface area contributed by atoms with Gasteiger partial charge in [-0.2, -0.15) is 5.10 Å². The molecule has 2 N–H and O–H groups in total. The van der Waals surface area contributed by atoms with Gasteiger partial charge in [0.05, 0.1) is 12.8 Å². The third-order valence-corrected chi connectivity index (χ3v) is 3.31. The van der Waals surface area contributed by atoms with Crippen molar-refractivity contribution < 1.29 is 23.9 Å². The van der Waals surface area contributed by atoms with Crippen molar-refractivity contribution in [2.75, 3.05) is 20.3 Å². The van der Waals surface area contributed by atoms with Crippen molar-refractivity contribution in [3.63, 3.8) is 0 Å². The summed E-state index contributed by atoms with van der Waals surface area (Å²) in [5, 5.41) is 6.32. The van der Waals surface area contributed by atoms with Crippen molar-refractivity contribution in [1.82, 2.24) is 10.7 Å². The summed E-state index contributed by atoms with van der Waals surface area (Å²) >= 11 is 0. The maximum absolute atomic E-state index is 11.9. The van der Waals surface area contributed by atoms with E-state index in [0.29, 0.717) is 5.71 Å². The van der Waals surface area contributed by atoms with Gasteiger partial charge < -0.3 is 14.8 Å². The van der Waals surface area contributed by atoms with Gasteiger partial charge in [-0.25, -0.2) is 10.2 Å². The first-order valence-corrected chi connectivity index (χ1v) is 8.05. The number of benzene rings is 2. The Morgan fingerprint density at radius 2 is 1.48 bits per heavy atom. The summed E-state index contributed by atoms with van der Waals surface area (Å²) in [5.74, 6) is -1.38. The first-order chi connectivity index (χ1) is 13.1. The van der Waals surface area contributed by atoms with Crippen molar-refractivity contribution in [3.05, 3.63) is 71.8 Å². The van der Waals surface area contributed by atoms with Gasteiger partial charge in [-0.05, 0) is 0 Å². The number of hydrogen-bond donors (Lipinski definition) is 2. The summed E-state index contributed by atoms with van der Waals surface area (Å²) in [5.41, 5.74) is 4.59. The highest BCUT2D eigenvalue weighted by atomic mass is 16.5. The number of methoxy groups -OCH3 is 1. The zero-order valence-electron chi connectivity index (χ0n) is 14.7. The van der Waals surface area contributed by atoms with E-state index < -0.39 is 31.1 Å². The molecule has 0 aliphatic rings. The molecule has 0 saturated carbocycles. The fraction of sp³-hybridized carbons (Fsp3) is 0.158. The van der Waals surface area contributed by atoms with Gasteiger partial charge in [0.25, 0.3) is 5.91 Å². The molecule has 140 valence electrons. The normalized spacial score (nSPS) is 9.67. The van der Waals surface area contributed by atoms with E-state index in [1.807, 2.05) is 60.7 Å². The van der Waals surface area contributed by atoms with E-state index in [4.69, 9.17) is 4.74 Å². The lowest BCUT2D eigenvalue weighted by Gasteiger charge is -2.08. The van der Waals surface area contributed by atoms with Crippen LogP contribution in [-0.2, 0) is 19.1 Å². The minimum atomic E-state index is -0.772. The Balaban J connectivity index is 1.96. The summed E-state index contributed by atoms with van der Waals surface area (Å²) < 4.78 is 9.07. The third kappa shape index (κ3) is 6.62. The molecule has 2 aromatic rings. The second kappa shape index (κ2) is 10.3. The quantitative estimate of drug-likeness (QED) is 0.437. The van der Waals surface area contributed by atoms with Crippen LogP contribution in [0.15, 0.2) is 65.8 Å². The fourth-order valence-electron chi connectivity index (χ4n) is 2.05. The van der Waals surface area contributed by atoms with Crippen molar-refractivity contribution in [3.8, 4) is 0 Å². The van der Waals surface area contributed by atoms with Crippen molar-refractivity contribution in [2.45, 2.75) is 0 Å². The van der Waals surface area contributed by atoms with Crippen LogP contribution in [0.1, 0.15) is 11.1 Å². The minimum absolute atomic E-state index is 0.400. The van der Waals surface area contributed by atoms with Crippen LogP contribution in [-0.4, -0.2) is 43.9 Å². The molecule has 0 heterocycles. The molecular formula is C19H19N3O5. The van der Waals surface area contributed by atoms with E-state index in [0.717, 1.165) is 11.1 Å². The van der Waals surface area contributed by atoms with Crippen LogP contribution < -0.4 is 10.7 Å². The molecule has 0 aliphatic heterocycles. The molecule has 27 heavy (non-hydrogen) atoms. The number of carbonyl (C=O) groups excluding carboxylic acids is 3. The molecule has 2 amide bonds. The highest BCUT2D eigenvalue weighted by Crippen LogP contribution is 2.10. The second-order valence-corrected chi connectivity index (χ2v) is 5.23. The van der Waals surface area contributed by atoms with Crippen LogP contribution in [0.5, 0.6) is 0 Å².